The first-order valence-corrected chi connectivity index (χ1v) is 8.53. The summed E-state index contributed by atoms with van der Waals surface area (Å²) in [7, 11) is 0. The van der Waals surface area contributed by atoms with Crippen LogP contribution in [0.2, 0.25) is 5.02 Å². The van der Waals surface area contributed by atoms with Crippen LogP contribution >= 0.6 is 11.6 Å². The van der Waals surface area contributed by atoms with Crippen LogP contribution in [0.4, 0.5) is 11.8 Å². The van der Waals surface area contributed by atoms with E-state index in [0.29, 0.717) is 5.02 Å². The first-order valence-electron chi connectivity index (χ1n) is 8.16. The molecule has 0 N–H and O–H groups in total. The van der Waals surface area contributed by atoms with Gasteiger partial charge in [0.15, 0.2) is 5.82 Å². The molecule has 1 aliphatic heterocycles. The predicted molar refractivity (Wildman–Crippen MR) is 98.9 cm³/mol. The average Bonchev–Trinajstić information content (AvgIpc) is 2.69. The van der Waals surface area contributed by atoms with Gasteiger partial charge >= 0.3 is 0 Å². The van der Waals surface area contributed by atoms with Crippen LogP contribution in [-0.4, -0.2) is 46.3 Å². The number of hydrogen-bond acceptors (Lipinski definition) is 6. The van der Waals surface area contributed by atoms with Crippen molar-refractivity contribution in [2.24, 2.45) is 0 Å². The first kappa shape index (κ1) is 15.8. The second kappa shape index (κ2) is 7.03. The number of piperazine rings is 1. The Hall–Kier alpha value is -2.73. The Bertz CT molecular complexity index is 849. The van der Waals surface area contributed by atoms with E-state index in [9.17, 15) is 0 Å². The smallest absolute Gasteiger partial charge is 0.225 e. The van der Waals surface area contributed by atoms with Crippen molar-refractivity contribution in [2.75, 3.05) is 36.0 Å². The number of nitrogens with zero attached hydrogens (tertiary/aromatic N) is 6. The molecule has 0 saturated carbocycles. The third-order valence-electron chi connectivity index (χ3n) is 4.27. The average molecular weight is 353 g/mol. The van der Waals surface area contributed by atoms with E-state index in [-0.39, 0.29) is 0 Å². The molecule has 0 aliphatic carbocycles. The zero-order chi connectivity index (χ0) is 17.1. The molecule has 0 bridgehead atoms. The van der Waals surface area contributed by atoms with Crippen LogP contribution in [0.1, 0.15) is 0 Å². The maximum absolute atomic E-state index is 6.30. The van der Waals surface area contributed by atoms with Crippen molar-refractivity contribution in [2.45, 2.75) is 0 Å². The van der Waals surface area contributed by atoms with Crippen LogP contribution in [0.3, 0.4) is 0 Å². The van der Waals surface area contributed by atoms with E-state index in [1.54, 1.807) is 18.6 Å². The molecule has 1 aliphatic rings. The molecule has 2 aromatic heterocycles. The molecular weight excluding hydrogens is 336 g/mol. The highest BCUT2D eigenvalue weighted by Crippen LogP contribution is 2.29. The van der Waals surface area contributed by atoms with Crippen LogP contribution in [0.5, 0.6) is 0 Å². The van der Waals surface area contributed by atoms with E-state index in [2.05, 4.69) is 30.0 Å². The summed E-state index contributed by atoms with van der Waals surface area (Å²) in [5.74, 6) is 1.64. The molecule has 6 nitrogen and oxygen atoms in total. The molecule has 1 aromatic carbocycles. The summed E-state index contributed by atoms with van der Waals surface area (Å²) in [6, 6.07) is 11.6. The normalized spacial score (nSPS) is 14.6. The SMILES string of the molecule is Clc1ccccc1-c1cnnc(N2CCN(c3ncccn3)CC2)c1. The van der Waals surface area contributed by atoms with Crippen molar-refractivity contribution >= 4 is 23.4 Å². The minimum atomic E-state index is 0.715. The lowest BCUT2D eigenvalue weighted by Crippen LogP contribution is -2.47. The van der Waals surface area contributed by atoms with Crippen LogP contribution < -0.4 is 9.80 Å². The molecular formula is C18H17ClN6. The Balaban J connectivity index is 1.50. The second-order valence-electron chi connectivity index (χ2n) is 5.81. The van der Waals surface area contributed by atoms with Crippen LogP contribution in [0.25, 0.3) is 11.1 Å². The minimum Gasteiger partial charge on any atom is -0.352 e. The maximum atomic E-state index is 6.30. The van der Waals surface area contributed by atoms with Crippen molar-refractivity contribution < 1.29 is 0 Å². The summed E-state index contributed by atoms with van der Waals surface area (Å²) in [5.41, 5.74) is 1.95. The lowest BCUT2D eigenvalue weighted by molar-refractivity contribution is 0.631. The van der Waals surface area contributed by atoms with E-state index in [0.717, 1.165) is 49.1 Å². The number of benzene rings is 1. The highest BCUT2D eigenvalue weighted by molar-refractivity contribution is 6.33. The molecule has 3 heterocycles. The fourth-order valence-electron chi connectivity index (χ4n) is 2.94. The Morgan fingerprint density at radius 2 is 1.60 bits per heavy atom. The molecule has 126 valence electrons. The van der Waals surface area contributed by atoms with Gasteiger partial charge in [-0.2, -0.15) is 5.10 Å². The third kappa shape index (κ3) is 3.39. The molecule has 1 fully saturated rings. The van der Waals surface area contributed by atoms with Crippen molar-refractivity contribution in [3.63, 3.8) is 0 Å². The molecule has 7 heteroatoms. The molecule has 3 aromatic rings. The summed E-state index contributed by atoms with van der Waals surface area (Å²) >= 11 is 6.30. The zero-order valence-electron chi connectivity index (χ0n) is 13.6. The highest BCUT2D eigenvalue weighted by atomic mass is 35.5. The van der Waals surface area contributed by atoms with Gasteiger partial charge in [-0.1, -0.05) is 29.8 Å². The van der Waals surface area contributed by atoms with E-state index in [1.165, 1.54) is 0 Å². The number of halogens is 1. The molecule has 0 amide bonds. The molecule has 0 unspecified atom stereocenters. The van der Waals surface area contributed by atoms with Gasteiger partial charge < -0.3 is 9.80 Å². The summed E-state index contributed by atoms with van der Waals surface area (Å²) < 4.78 is 0. The summed E-state index contributed by atoms with van der Waals surface area (Å²) in [6.07, 6.45) is 5.29. The van der Waals surface area contributed by atoms with Gasteiger partial charge in [0.2, 0.25) is 5.95 Å². The van der Waals surface area contributed by atoms with Crippen LogP contribution in [-0.2, 0) is 0 Å². The van der Waals surface area contributed by atoms with E-state index in [4.69, 9.17) is 11.6 Å². The quantitative estimate of drug-likeness (QED) is 0.722. The van der Waals surface area contributed by atoms with E-state index in [1.807, 2.05) is 36.4 Å². The van der Waals surface area contributed by atoms with Crippen molar-refractivity contribution in [1.82, 2.24) is 20.2 Å². The zero-order valence-corrected chi connectivity index (χ0v) is 14.3. The number of hydrogen-bond donors (Lipinski definition) is 0. The number of aromatic nitrogens is 4. The van der Waals surface area contributed by atoms with Gasteiger partial charge in [0.25, 0.3) is 0 Å². The molecule has 0 spiro atoms. The fraction of sp³-hybridized carbons (Fsp3) is 0.222. The van der Waals surface area contributed by atoms with Gasteiger partial charge in [0.05, 0.1) is 6.20 Å². The van der Waals surface area contributed by atoms with Gasteiger partial charge in [-0.05, 0) is 18.2 Å². The number of rotatable bonds is 3. The third-order valence-corrected chi connectivity index (χ3v) is 4.59. The Kier molecular flexibility index (Phi) is 4.43. The van der Waals surface area contributed by atoms with Gasteiger partial charge in [-0.3, -0.25) is 0 Å². The van der Waals surface area contributed by atoms with Crippen LogP contribution in [0.15, 0.2) is 55.0 Å². The molecule has 0 radical (unpaired) electrons. The van der Waals surface area contributed by atoms with Crippen molar-refractivity contribution in [3.8, 4) is 11.1 Å². The van der Waals surface area contributed by atoms with Gasteiger partial charge in [0.1, 0.15) is 0 Å². The minimum absolute atomic E-state index is 0.715. The number of anilines is 2. The lowest BCUT2D eigenvalue weighted by atomic mass is 10.1. The van der Waals surface area contributed by atoms with Crippen molar-refractivity contribution in [3.05, 3.63) is 60.0 Å². The largest absolute Gasteiger partial charge is 0.352 e. The maximum Gasteiger partial charge on any atom is 0.225 e. The molecule has 1 saturated heterocycles. The van der Waals surface area contributed by atoms with E-state index >= 15 is 0 Å². The standard InChI is InChI=1S/C18H17ClN6/c19-16-5-2-1-4-15(16)14-12-17(23-22-13-14)24-8-10-25(11-9-24)18-20-6-3-7-21-18/h1-7,12-13H,8-11H2. The molecule has 4 rings (SSSR count). The summed E-state index contributed by atoms with van der Waals surface area (Å²) in [6.45, 7) is 3.39. The van der Waals surface area contributed by atoms with Gasteiger partial charge in [0, 0.05) is 54.7 Å². The fourth-order valence-corrected chi connectivity index (χ4v) is 3.19. The van der Waals surface area contributed by atoms with E-state index < -0.39 is 0 Å². The summed E-state index contributed by atoms with van der Waals surface area (Å²) in [5, 5.41) is 9.18. The lowest BCUT2D eigenvalue weighted by Gasteiger charge is -2.35. The Labute approximate surface area is 151 Å². The van der Waals surface area contributed by atoms with Gasteiger partial charge in [-0.25, -0.2) is 9.97 Å². The Morgan fingerprint density at radius 1 is 0.880 bits per heavy atom. The Morgan fingerprint density at radius 3 is 2.36 bits per heavy atom. The monoisotopic (exact) mass is 352 g/mol. The second-order valence-corrected chi connectivity index (χ2v) is 6.21. The van der Waals surface area contributed by atoms with Crippen LogP contribution in [0, 0.1) is 0 Å². The first-order chi connectivity index (χ1) is 12.3. The topological polar surface area (TPSA) is 58.0 Å². The predicted octanol–water partition coefficient (Wildman–Crippen LogP) is 2.91. The van der Waals surface area contributed by atoms with Gasteiger partial charge in [-0.15, -0.1) is 5.10 Å². The highest BCUT2D eigenvalue weighted by Gasteiger charge is 2.20. The molecule has 25 heavy (non-hydrogen) atoms. The van der Waals surface area contributed by atoms with Crippen molar-refractivity contribution in [1.29, 1.82) is 0 Å². The summed E-state index contributed by atoms with van der Waals surface area (Å²) in [4.78, 5) is 13.0. The molecule has 0 atom stereocenters.